The van der Waals surface area contributed by atoms with Gasteiger partial charge in [0, 0.05) is 113 Å². The monoisotopic (exact) mass is 1090 g/mol. The van der Waals surface area contributed by atoms with Crippen LogP contribution in [-0.4, -0.2) is 162 Å². The molecule has 5 saturated heterocycles. The molecule has 0 unspecified atom stereocenters. The first-order chi connectivity index (χ1) is 38.2. The third-order valence-electron chi connectivity index (χ3n) is 18.0. The molecule has 0 radical (unpaired) electrons. The van der Waals surface area contributed by atoms with Crippen LogP contribution in [0.1, 0.15) is 112 Å². The van der Waals surface area contributed by atoms with E-state index in [4.69, 9.17) is 33.9 Å². The largest absolute Gasteiger partial charge is 0.468 e. The van der Waals surface area contributed by atoms with Crippen molar-refractivity contribution in [1.82, 2.24) is 35.0 Å². The number of nitrogens with one attached hydrogen (secondary N) is 1. The van der Waals surface area contributed by atoms with Crippen LogP contribution in [0.4, 0.5) is 20.3 Å². The number of aryl methyl sites for hydroxylation is 1. The van der Waals surface area contributed by atoms with Gasteiger partial charge in [0.25, 0.3) is 5.91 Å². The van der Waals surface area contributed by atoms with Crippen LogP contribution in [0.3, 0.4) is 0 Å². The summed E-state index contributed by atoms with van der Waals surface area (Å²) in [5.41, 5.74) is 2.53. The quantitative estimate of drug-likeness (QED) is 0.0732. The summed E-state index contributed by atoms with van der Waals surface area (Å²) in [6, 6.07) is 12.6. The maximum atomic E-state index is 17.4. The van der Waals surface area contributed by atoms with Crippen molar-refractivity contribution in [3.05, 3.63) is 77.0 Å². The standard InChI is InChI=1S/C60H73F2N9O8/c1-4-44-48(61)9-6-37-29-43(78-36-76-3)30-46(51(37)44)53-52(62)54-47(31-63-53)55(70-21-5-18-59(2,75)33-70)66-58(65-54)77-35-60(19-20-60)34-67-22-14-41(15-23-67)79-42-16-26-68(27-17-42)39-12-24-69(25-13-39)40-7-8-45-38(28-40)32-71(57(45)74)49-10-11-50(72)64-56(49)73/h6-9,28-31,39,41-42,49,75H,4-5,10-27,32-36H2,1-3H3,(H,64,72,73)/t49-,59+/m0/s1. The number of piperidine rings is 5. The Balaban J connectivity index is 0.646. The number of amides is 3. The summed E-state index contributed by atoms with van der Waals surface area (Å²) in [4.78, 5) is 63.1. The maximum Gasteiger partial charge on any atom is 0.319 e. The lowest BCUT2D eigenvalue weighted by atomic mass is 9.94. The Morgan fingerprint density at radius 2 is 1.61 bits per heavy atom. The molecule has 12 rings (SSSR count). The molecule has 19 heteroatoms. The Kier molecular flexibility index (Phi) is 15.0. The number of fused-ring (bicyclic) bond motifs is 3. The summed E-state index contributed by atoms with van der Waals surface area (Å²) >= 11 is 0. The number of imide groups is 1. The van der Waals surface area contributed by atoms with Gasteiger partial charge < -0.3 is 48.6 Å². The number of likely N-dealkylation sites (tertiary alicyclic amines) is 2. The van der Waals surface area contributed by atoms with E-state index in [1.807, 2.05) is 24.0 Å². The minimum absolute atomic E-state index is 0.00481. The van der Waals surface area contributed by atoms with Crippen molar-refractivity contribution < 1.29 is 47.2 Å². The number of halogens is 2. The molecule has 79 heavy (non-hydrogen) atoms. The van der Waals surface area contributed by atoms with Crippen molar-refractivity contribution in [2.24, 2.45) is 5.41 Å². The van der Waals surface area contributed by atoms with Crippen LogP contribution in [0.2, 0.25) is 0 Å². The van der Waals surface area contributed by atoms with E-state index in [9.17, 15) is 19.5 Å². The van der Waals surface area contributed by atoms with E-state index in [0.717, 1.165) is 115 Å². The minimum Gasteiger partial charge on any atom is -0.468 e. The molecule has 5 aromatic rings. The van der Waals surface area contributed by atoms with Crippen LogP contribution in [-0.2, 0) is 32.0 Å². The van der Waals surface area contributed by atoms with E-state index < -0.39 is 17.5 Å². The van der Waals surface area contributed by atoms with Crippen molar-refractivity contribution >= 4 is 50.9 Å². The number of carbonyl (C=O) groups is 3. The fourth-order valence-corrected chi connectivity index (χ4v) is 13.5. The van der Waals surface area contributed by atoms with E-state index >= 15 is 8.78 Å². The topological polar surface area (TPSA) is 175 Å². The number of benzene rings is 3. The number of anilines is 2. The number of hydrogen-bond donors (Lipinski definition) is 2. The Labute approximate surface area is 459 Å². The Hall–Kier alpha value is -6.12. The normalized spacial score (nSPS) is 23.7. The molecular formula is C60H73F2N9O8. The molecule has 2 aromatic heterocycles. The fraction of sp³-hybridized carbons (Fsp3) is 0.567. The lowest BCUT2D eigenvalue weighted by Gasteiger charge is -2.43. The van der Waals surface area contributed by atoms with Crippen LogP contribution in [0.5, 0.6) is 11.8 Å². The zero-order valence-corrected chi connectivity index (χ0v) is 45.7. The predicted octanol–water partition coefficient (Wildman–Crippen LogP) is 7.55. The van der Waals surface area contributed by atoms with Crippen molar-refractivity contribution in [2.45, 2.75) is 134 Å². The van der Waals surface area contributed by atoms with E-state index in [1.165, 1.54) is 13.2 Å². The third-order valence-corrected chi connectivity index (χ3v) is 18.0. The van der Waals surface area contributed by atoms with Gasteiger partial charge in [0.1, 0.15) is 34.6 Å². The number of rotatable bonds is 16. The van der Waals surface area contributed by atoms with Crippen LogP contribution < -0.4 is 24.6 Å². The van der Waals surface area contributed by atoms with Crippen molar-refractivity contribution in [2.75, 3.05) is 89.2 Å². The first kappa shape index (κ1) is 53.5. The molecule has 0 bridgehead atoms. The van der Waals surface area contributed by atoms with Gasteiger partial charge in [-0.1, -0.05) is 13.0 Å². The number of β-amino-alcohol motifs (C(OH)–C–C–N with tert-alkyl or cyclic N) is 1. The molecule has 7 aliphatic rings. The smallest absolute Gasteiger partial charge is 0.319 e. The molecular weight excluding hydrogens is 1010 g/mol. The number of ether oxygens (including phenoxy) is 4. The molecule has 0 spiro atoms. The van der Waals surface area contributed by atoms with Gasteiger partial charge in [-0.3, -0.25) is 24.7 Å². The number of pyridine rings is 1. The zero-order chi connectivity index (χ0) is 54.6. The number of methoxy groups -OCH3 is 1. The van der Waals surface area contributed by atoms with Crippen molar-refractivity contribution in [1.29, 1.82) is 0 Å². The van der Waals surface area contributed by atoms with E-state index in [0.29, 0.717) is 96.0 Å². The van der Waals surface area contributed by atoms with Crippen molar-refractivity contribution in [3.8, 4) is 23.0 Å². The average Bonchev–Trinajstić information content (AvgIpc) is 4.30. The number of nitrogens with zero attached hydrogens (tertiary/aromatic N) is 8. The van der Waals surface area contributed by atoms with E-state index in [2.05, 4.69) is 26.1 Å². The summed E-state index contributed by atoms with van der Waals surface area (Å²) in [6.45, 7) is 12.1. The maximum absolute atomic E-state index is 17.4. The van der Waals surface area contributed by atoms with Gasteiger partial charge in [0.15, 0.2) is 12.6 Å². The molecule has 420 valence electrons. The van der Waals surface area contributed by atoms with Gasteiger partial charge in [-0.25, -0.2) is 8.78 Å². The highest BCUT2D eigenvalue weighted by Gasteiger charge is 2.46. The lowest BCUT2D eigenvalue weighted by molar-refractivity contribution is -0.136. The van der Waals surface area contributed by atoms with Crippen molar-refractivity contribution in [3.63, 3.8) is 0 Å². The van der Waals surface area contributed by atoms with Crippen LogP contribution >= 0.6 is 0 Å². The van der Waals surface area contributed by atoms with Gasteiger partial charge in [0.05, 0.1) is 29.8 Å². The molecule has 1 saturated carbocycles. The molecule has 6 aliphatic heterocycles. The molecule has 6 fully saturated rings. The molecule has 3 aromatic carbocycles. The van der Waals surface area contributed by atoms with E-state index in [1.54, 1.807) is 36.2 Å². The van der Waals surface area contributed by atoms with E-state index in [-0.39, 0.29) is 71.6 Å². The predicted molar refractivity (Wildman–Crippen MR) is 294 cm³/mol. The second-order valence-corrected chi connectivity index (χ2v) is 23.6. The summed E-state index contributed by atoms with van der Waals surface area (Å²) in [6.07, 6.45) is 12.6. The lowest BCUT2D eigenvalue weighted by Crippen LogP contribution is -2.52. The van der Waals surface area contributed by atoms with Gasteiger partial charge in [-0.2, -0.15) is 9.97 Å². The molecule has 3 amide bonds. The zero-order valence-electron chi connectivity index (χ0n) is 45.7. The highest BCUT2D eigenvalue weighted by molar-refractivity contribution is 6.06. The minimum atomic E-state index is -0.966. The highest BCUT2D eigenvalue weighted by Crippen LogP contribution is 2.47. The second kappa shape index (κ2) is 22.1. The van der Waals surface area contributed by atoms with Gasteiger partial charge >= 0.3 is 6.01 Å². The van der Waals surface area contributed by atoms with Crippen LogP contribution in [0, 0.1) is 17.0 Å². The third kappa shape index (κ3) is 11.1. The Morgan fingerprint density at radius 3 is 2.33 bits per heavy atom. The van der Waals surface area contributed by atoms with Gasteiger partial charge in [-0.15, -0.1) is 0 Å². The summed E-state index contributed by atoms with van der Waals surface area (Å²) in [5.74, 6) is -0.995. The molecule has 2 N–H and O–H groups in total. The number of aliphatic hydroxyl groups is 1. The Bertz CT molecular complexity index is 3130. The average molecular weight is 1090 g/mol. The first-order valence-corrected chi connectivity index (χ1v) is 28.7. The van der Waals surface area contributed by atoms with Crippen LogP contribution in [0.15, 0.2) is 48.7 Å². The molecule has 8 heterocycles. The van der Waals surface area contributed by atoms with Gasteiger partial charge in [-0.05, 0) is 142 Å². The highest BCUT2D eigenvalue weighted by atomic mass is 19.1. The molecule has 2 atom stereocenters. The number of carbonyl (C=O) groups excluding carboxylic acids is 3. The first-order valence-electron chi connectivity index (χ1n) is 28.7. The summed E-state index contributed by atoms with van der Waals surface area (Å²) in [7, 11) is 1.52. The number of aromatic nitrogens is 3. The van der Waals surface area contributed by atoms with Gasteiger partial charge in [0.2, 0.25) is 11.8 Å². The summed E-state index contributed by atoms with van der Waals surface area (Å²) < 4.78 is 57.2. The molecule has 17 nitrogen and oxygen atoms in total. The SMILES string of the molecule is CCc1c(F)ccc2cc(OCOC)cc(-c3ncc4c(N5CCC[C@@](C)(O)C5)nc(OCC5(CN6CCC(OC7CCN(C8CCN(c9ccc%10c(c9)CN([C@H]9CCC(=O)NC9=O)C%10=O)CC8)CC7)CC6)CC5)nc4c3F)c12. The Morgan fingerprint density at radius 1 is 0.835 bits per heavy atom. The van der Waals surface area contributed by atoms with Crippen LogP contribution in [0.25, 0.3) is 32.9 Å². The fourth-order valence-electron chi connectivity index (χ4n) is 13.5. The number of hydrogen-bond acceptors (Lipinski definition) is 15. The molecule has 1 aliphatic carbocycles. The summed E-state index contributed by atoms with van der Waals surface area (Å²) in [5, 5.41) is 15.2. The second-order valence-electron chi connectivity index (χ2n) is 23.6.